The van der Waals surface area contributed by atoms with E-state index in [1.165, 1.54) is 22.5 Å². The van der Waals surface area contributed by atoms with Gasteiger partial charge in [0, 0.05) is 17.5 Å². The maximum atomic E-state index is 12.4. The maximum absolute atomic E-state index is 12.4. The first kappa shape index (κ1) is 18.9. The number of nitrogens with zero attached hydrogens (tertiary/aromatic N) is 1. The Hall–Kier alpha value is -2.86. The van der Waals surface area contributed by atoms with Gasteiger partial charge in [-0.05, 0) is 42.7 Å². The second-order valence-corrected chi connectivity index (χ2v) is 6.90. The van der Waals surface area contributed by atoms with Crippen molar-refractivity contribution in [1.29, 1.82) is 0 Å². The number of aromatic nitrogens is 1. The summed E-state index contributed by atoms with van der Waals surface area (Å²) in [7, 11) is 3.19. The van der Waals surface area contributed by atoms with Crippen LogP contribution in [0.3, 0.4) is 0 Å². The zero-order valence-corrected chi connectivity index (χ0v) is 16.4. The van der Waals surface area contributed by atoms with Crippen LogP contribution in [0.1, 0.15) is 21.6 Å². The summed E-state index contributed by atoms with van der Waals surface area (Å²) in [6.07, 6.45) is 0.797. The van der Waals surface area contributed by atoms with Gasteiger partial charge in [-0.3, -0.25) is 4.79 Å². The van der Waals surface area contributed by atoms with Gasteiger partial charge in [-0.15, -0.1) is 11.3 Å². The van der Waals surface area contributed by atoms with Crippen LogP contribution in [0.2, 0.25) is 0 Å². The second kappa shape index (κ2) is 8.68. The van der Waals surface area contributed by atoms with E-state index < -0.39 is 0 Å². The zero-order chi connectivity index (χ0) is 19.2. The Bertz CT molecular complexity index is 937. The van der Waals surface area contributed by atoms with Gasteiger partial charge < -0.3 is 14.8 Å². The summed E-state index contributed by atoms with van der Waals surface area (Å²) in [6, 6.07) is 13.8. The van der Waals surface area contributed by atoms with Crippen LogP contribution < -0.4 is 14.8 Å². The highest BCUT2D eigenvalue weighted by Crippen LogP contribution is 2.33. The van der Waals surface area contributed by atoms with Crippen LogP contribution in [0.25, 0.3) is 10.6 Å². The molecule has 0 aliphatic heterocycles. The molecule has 3 aromatic rings. The van der Waals surface area contributed by atoms with Crippen LogP contribution >= 0.6 is 11.3 Å². The second-order valence-electron chi connectivity index (χ2n) is 6.04. The molecule has 0 aliphatic carbocycles. The topological polar surface area (TPSA) is 60.5 Å². The fourth-order valence-corrected chi connectivity index (χ4v) is 3.57. The van der Waals surface area contributed by atoms with Gasteiger partial charge in [0.15, 0.2) is 11.5 Å². The number of hydrogen-bond donors (Lipinski definition) is 1. The smallest absolute Gasteiger partial charge is 0.270 e. The van der Waals surface area contributed by atoms with E-state index in [9.17, 15) is 4.79 Å². The van der Waals surface area contributed by atoms with Crippen molar-refractivity contribution < 1.29 is 14.3 Å². The van der Waals surface area contributed by atoms with E-state index in [0.29, 0.717) is 23.7 Å². The predicted octanol–water partition coefficient (Wildman–Crippen LogP) is 4.11. The van der Waals surface area contributed by atoms with Gasteiger partial charge in [0.2, 0.25) is 0 Å². The van der Waals surface area contributed by atoms with Crippen LogP contribution in [0.4, 0.5) is 0 Å². The van der Waals surface area contributed by atoms with E-state index in [0.717, 1.165) is 17.0 Å². The Morgan fingerprint density at radius 2 is 1.89 bits per heavy atom. The van der Waals surface area contributed by atoms with Crippen LogP contribution in [0.15, 0.2) is 47.8 Å². The third-order valence-electron chi connectivity index (χ3n) is 4.31. The summed E-state index contributed by atoms with van der Waals surface area (Å²) in [5.41, 5.74) is 3.78. The number of carbonyl (C=O) groups excluding carboxylic acids is 1. The number of nitrogens with one attached hydrogen (secondary N) is 1. The fraction of sp³-hybridized carbons (Fsp3) is 0.238. The Morgan fingerprint density at radius 3 is 2.63 bits per heavy atom. The van der Waals surface area contributed by atoms with Crippen molar-refractivity contribution in [2.75, 3.05) is 20.8 Å². The summed E-state index contributed by atoms with van der Waals surface area (Å²) >= 11 is 1.43. The molecule has 0 spiro atoms. The number of methoxy groups -OCH3 is 2. The van der Waals surface area contributed by atoms with E-state index in [1.54, 1.807) is 19.6 Å². The molecule has 0 radical (unpaired) electrons. The molecular weight excluding hydrogens is 360 g/mol. The SMILES string of the molecule is COc1ccc(-c2nc(C(=O)NCCc3ccccc3C)cs2)cc1OC. The minimum Gasteiger partial charge on any atom is -0.493 e. The lowest BCUT2D eigenvalue weighted by molar-refractivity contribution is 0.0950. The molecule has 2 aromatic carbocycles. The Kier molecular flexibility index (Phi) is 6.08. The van der Waals surface area contributed by atoms with Crippen LogP contribution in [-0.2, 0) is 6.42 Å². The van der Waals surface area contributed by atoms with E-state index in [4.69, 9.17) is 9.47 Å². The number of aryl methyl sites for hydroxylation is 1. The zero-order valence-electron chi connectivity index (χ0n) is 15.6. The summed E-state index contributed by atoms with van der Waals surface area (Å²) in [5.74, 6) is 1.13. The predicted molar refractivity (Wildman–Crippen MR) is 108 cm³/mol. The molecule has 6 heteroatoms. The molecule has 5 nitrogen and oxygen atoms in total. The highest BCUT2D eigenvalue weighted by molar-refractivity contribution is 7.13. The molecular formula is C21H22N2O3S. The van der Waals surface area contributed by atoms with Gasteiger partial charge in [0.1, 0.15) is 10.7 Å². The molecule has 0 atom stereocenters. The van der Waals surface area contributed by atoms with Gasteiger partial charge in [-0.2, -0.15) is 0 Å². The number of rotatable bonds is 7. The fourth-order valence-electron chi connectivity index (χ4n) is 2.77. The first-order valence-electron chi connectivity index (χ1n) is 8.63. The van der Waals surface area contributed by atoms with E-state index in [2.05, 4.69) is 29.4 Å². The van der Waals surface area contributed by atoms with Gasteiger partial charge in [-0.1, -0.05) is 24.3 Å². The van der Waals surface area contributed by atoms with Crippen LogP contribution in [0.5, 0.6) is 11.5 Å². The summed E-state index contributed by atoms with van der Waals surface area (Å²) in [5, 5.41) is 5.48. The van der Waals surface area contributed by atoms with E-state index in [1.807, 2.05) is 30.3 Å². The third kappa shape index (κ3) is 4.46. The van der Waals surface area contributed by atoms with Crippen molar-refractivity contribution in [1.82, 2.24) is 10.3 Å². The van der Waals surface area contributed by atoms with Gasteiger partial charge in [0.05, 0.1) is 14.2 Å². The number of amides is 1. The van der Waals surface area contributed by atoms with Crippen molar-refractivity contribution in [3.05, 3.63) is 64.7 Å². The average Bonchev–Trinajstić information content (AvgIpc) is 3.19. The number of hydrogen-bond acceptors (Lipinski definition) is 5. The van der Waals surface area contributed by atoms with Crippen molar-refractivity contribution >= 4 is 17.2 Å². The standard InChI is InChI=1S/C21H22N2O3S/c1-14-6-4-5-7-15(14)10-11-22-20(24)17-13-27-21(23-17)16-8-9-18(25-2)19(12-16)26-3/h4-9,12-13H,10-11H2,1-3H3,(H,22,24). The monoisotopic (exact) mass is 382 g/mol. The largest absolute Gasteiger partial charge is 0.493 e. The minimum absolute atomic E-state index is 0.161. The summed E-state index contributed by atoms with van der Waals surface area (Å²) < 4.78 is 10.6. The number of ether oxygens (including phenoxy) is 2. The summed E-state index contributed by atoms with van der Waals surface area (Å²) in [6.45, 7) is 2.65. The number of thiazole rings is 1. The first-order chi connectivity index (χ1) is 13.1. The van der Waals surface area contributed by atoms with Gasteiger partial charge >= 0.3 is 0 Å². The highest BCUT2D eigenvalue weighted by atomic mass is 32.1. The highest BCUT2D eigenvalue weighted by Gasteiger charge is 2.13. The molecule has 140 valence electrons. The number of carbonyl (C=O) groups is 1. The normalized spacial score (nSPS) is 10.5. The van der Waals surface area contributed by atoms with Gasteiger partial charge in [0.25, 0.3) is 5.91 Å². The first-order valence-corrected chi connectivity index (χ1v) is 9.51. The lowest BCUT2D eigenvalue weighted by Crippen LogP contribution is -2.26. The maximum Gasteiger partial charge on any atom is 0.270 e. The van der Waals surface area contributed by atoms with E-state index in [-0.39, 0.29) is 5.91 Å². The summed E-state index contributed by atoms with van der Waals surface area (Å²) in [4.78, 5) is 16.8. The Balaban J connectivity index is 1.65. The third-order valence-corrected chi connectivity index (χ3v) is 5.20. The molecule has 0 bridgehead atoms. The van der Waals surface area contributed by atoms with Crippen molar-refractivity contribution in [3.8, 4) is 22.1 Å². The molecule has 0 aliphatic rings. The Labute approximate surface area is 163 Å². The molecule has 0 fully saturated rings. The van der Waals surface area contributed by atoms with Crippen molar-refractivity contribution in [2.45, 2.75) is 13.3 Å². The molecule has 0 unspecified atom stereocenters. The van der Waals surface area contributed by atoms with Crippen molar-refractivity contribution in [3.63, 3.8) is 0 Å². The number of benzene rings is 2. The molecule has 1 aromatic heterocycles. The quantitative estimate of drug-likeness (QED) is 0.668. The minimum atomic E-state index is -0.161. The molecule has 0 saturated heterocycles. The molecule has 1 N–H and O–H groups in total. The Morgan fingerprint density at radius 1 is 1.11 bits per heavy atom. The molecule has 1 heterocycles. The lowest BCUT2D eigenvalue weighted by atomic mass is 10.1. The average molecular weight is 382 g/mol. The molecule has 1 amide bonds. The van der Waals surface area contributed by atoms with E-state index >= 15 is 0 Å². The van der Waals surface area contributed by atoms with Crippen LogP contribution in [0, 0.1) is 6.92 Å². The molecule has 27 heavy (non-hydrogen) atoms. The van der Waals surface area contributed by atoms with Gasteiger partial charge in [-0.25, -0.2) is 4.98 Å². The van der Waals surface area contributed by atoms with Crippen LogP contribution in [-0.4, -0.2) is 31.7 Å². The van der Waals surface area contributed by atoms with Crippen molar-refractivity contribution in [2.24, 2.45) is 0 Å². The molecule has 0 saturated carbocycles. The molecule has 3 rings (SSSR count). The lowest BCUT2D eigenvalue weighted by Gasteiger charge is -2.08.